The second-order valence-corrected chi connectivity index (χ2v) is 11.8. The van der Waals surface area contributed by atoms with E-state index in [1.165, 1.54) is 6.07 Å². The number of aliphatic hydroxyl groups excluding tert-OH is 2. The first-order valence-electron chi connectivity index (χ1n) is 12.6. The van der Waals surface area contributed by atoms with Crippen LogP contribution in [0.5, 0.6) is 0 Å². The van der Waals surface area contributed by atoms with Gasteiger partial charge in [-0.25, -0.2) is 4.39 Å². The SMILES string of the molecule is CNc1cc(Cl)ccc1C1(C=O)C(CC(C)(C)C)NC(C(=O)NCCC(O)CO)C1c1cccc(Cl)c1F. The number of hydrogen-bond donors (Lipinski definition) is 5. The summed E-state index contributed by atoms with van der Waals surface area (Å²) in [5.41, 5.74) is -0.331. The van der Waals surface area contributed by atoms with E-state index in [4.69, 9.17) is 28.3 Å². The van der Waals surface area contributed by atoms with Crippen LogP contribution < -0.4 is 16.0 Å². The lowest BCUT2D eigenvalue weighted by atomic mass is 9.62. The molecule has 0 aliphatic carbocycles. The highest BCUT2D eigenvalue weighted by atomic mass is 35.5. The molecule has 3 rings (SSSR count). The van der Waals surface area contributed by atoms with Crippen LogP contribution in [0.4, 0.5) is 10.1 Å². The number of carbonyl (C=O) groups is 2. The van der Waals surface area contributed by atoms with Gasteiger partial charge in [0.25, 0.3) is 0 Å². The number of carbonyl (C=O) groups excluding carboxylic acids is 2. The van der Waals surface area contributed by atoms with Crippen molar-refractivity contribution in [3.63, 3.8) is 0 Å². The van der Waals surface area contributed by atoms with E-state index < -0.39 is 47.9 Å². The standard InChI is InChI=1S/C28H36Cl2FN3O4/c1-27(2,3)13-22-28(15-36,19-9-8-16(29)12-21(19)32-4)23(18-6-5-7-20(30)24(18)31)25(34-22)26(38)33-11-10-17(37)14-35/h5-9,12,15,17,22-23,25,32,34-35,37H,10-11,13-14H2,1-4H3,(H,33,38). The largest absolute Gasteiger partial charge is 0.394 e. The summed E-state index contributed by atoms with van der Waals surface area (Å²) in [7, 11) is 1.71. The van der Waals surface area contributed by atoms with E-state index in [0.29, 0.717) is 22.7 Å². The Morgan fingerprint density at radius 2 is 1.97 bits per heavy atom. The first-order valence-corrected chi connectivity index (χ1v) is 13.4. The lowest BCUT2D eigenvalue weighted by Crippen LogP contribution is -2.47. The summed E-state index contributed by atoms with van der Waals surface area (Å²) in [4.78, 5) is 27.0. The fourth-order valence-corrected chi connectivity index (χ4v) is 5.80. The first kappa shape index (κ1) is 30.3. The highest BCUT2D eigenvalue weighted by molar-refractivity contribution is 6.31. The van der Waals surface area contributed by atoms with Gasteiger partial charge in [-0.3, -0.25) is 4.79 Å². The summed E-state index contributed by atoms with van der Waals surface area (Å²) in [6.07, 6.45) is 0.455. The highest BCUT2D eigenvalue weighted by Gasteiger charge is 2.60. The van der Waals surface area contributed by atoms with Gasteiger partial charge < -0.3 is 31.0 Å². The molecule has 1 heterocycles. The fourth-order valence-electron chi connectivity index (χ4n) is 5.45. The van der Waals surface area contributed by atoms with Gasteiger partial charge in [-0.2, -0.15) is 0 Å². The van der Waals surface area contributed by atoms with Crippen LogP contribution in [0.2, 0.25) is 10.0 Å². The molecule has 0 radical (unpaired) electrons. The van der Waals surface area contributed by atoms with E-state index >= 15 is 4.39 Å². The van der Waals surface area contributed by atoms with Crippen LogP contribution >= 0.6 is 23.2 Å². The number of rotatable bonds is 10. The Morgan fingerprint density at radius 1 is 1.26 bits per heavy atom. The lowest BCUT2D eigenvalue weighted by molar-refractivity contribution is -0.123. The van der Waals surface area contributed by atoms with Crippen molar-refractivity contribution in [3.8, 4) is 0 Å². The van der Waals surface area contributed by atoms with Gasteiger partial charge in [0.1, 0.15) is 12.1 Å². The summed E-state index contributed by atoms with van der Waals surface area (Å²) in [5.74, 6) is -2.12. The minimum absolute atomic E-state index is 0.0875. The molecule has 208 valence electrons. The predicted octanol–water partition coefficient (Wildman–Crippen LogP) is 4.03. The number of hydrogen-bond acceptors (Lipinski definition) is 6. The van der Waals surface area contributed by atoms with Crippen LogP contribution in [0, 0.1) is 11.2 Å². The van der Waals surface area contributed by atoms with Crippen LogP contribution in [0.1, 0.15) is 50.7 Å². The third kappa shape index (κ3) is 6.15. The zero-order valence-corrected chi connectivity index (χ0v) is 23.5. The normalized spacial score (nSPS) is 24.2. The summed E-state index contributed by atoms with van der Waals surface area (Å²) in [6, 6.07) is 8.12. The molecule has 10 heteroatoms. The number of anilines is 1. The molecule has 0 bridgehead atoms. The second-order valence-electron chi connectivity index (χ2n) is 11.0. The molecule has 38 heavy (non-hydrogen) atoms. The Balaban J connectivity index is 2.26. The van der Waals surface area contributed by atoms with E-state index in [1.54, 1.807) is 37.4 Å². The van der Waals surface area contributed by atoms with Crippen LogP contribution in [0.15, 0.2) is 36.4 Å². The molecule has 2 aromatic rings. The van der Waals surface area contributed by atoms with Crippen molar-refractivity contribution in [2.24, 2.45) is 5.41 Å². The molecule has 5 N–H and O–H groups in total. The maximum Gasteiger partial charge on any atom is 0.237 e. The number of halogens is 3. The minimum Gasteiger partial charge on any atom is -0.394 e. The Morgan fingerprint density at radius 3 is 2.58 bits per heavy atom. The molecule has 1 aliphatic rings. The molecule has 2 aromatic carbocycles. The number of amides is 1. The first-order chi connectivity index (χ1) is 17.9. The summed E-state index contributed by atoms with van der Waals surface area (Å²) in [6.45, 7) is 5.75. The summed E-state index contributed by atoms with van der Waals surface area (Å²) < 4.78 is 15.7. The van der Waals surface area contributed by atoms with Crippen molar-refractivity contribution in [1.82, 2.24) is 10.6 Å². The molecule has 0 aromatic heterocycles. The minimum atomic E-state index is -1.38. The van der Waals surface area contributed by atoms with Crippen molar-refractivity contribution < 1.29 is 24.2 Å². The predicted molar refractivity (Wildman–Crippen MR) is 148 cm³/mol. The average Bonchev–Trinajstić information content (AvgIpc) is 3.18. The van der Waals surface area contributed by atoms with Gasteiger partial charge in [-0.15, -0.1) is 0 Å². The van der Waals surface area contributed by atoms with E-state index in [-0.39, 0.29) is 29.0 Å². The maximum atomic E-state index is 15.7. The molecule has 5 atom stereocenters. The molecule has 1 amide bonds. The summed E-state index contributed by atoms with van der Waals surface area (Å²) >= 11 is 12.5. The van der Waals surface area contributed by atoms with Crippen LogP contribution in [-0.4, -0.2) is 60.8 Å². The van der Waals surface area contributed by atoms with Gasteiger partial charge in [-0.05, 0) is 47.6 Å². The number of nitrogens with one attached hydrogen (secondary N) is 3. The molecule has 5 unspecified atom stereocenters. The molecule has 1 saturated heterocycles. The Bertz CT molecular complexity index is 1160. The van der Waals surface area contributed by atoms with E-state index in [2.05, 4.69) is 16.0 Å². The van der Waals surface area contributed by atoms with Crippen LogP contribution in [0.25, 0.3) is 0 Å². The molecule has 0 saturated carbocycles. The van der Waals surface area contributed by atoms with E-state index in [1.807, 2.05) is 20.8 Å². The summed E-state index contributed by atoms with van der Waals surface area (Å²) in [5, 5.41) is 28.4. The van der Waals surface area contributed by atoms with Gasteiger partial charge in [0.2, 0.25) is 5.91 Å². The van der Waals surface area contributed by atoms with Crippen molar-refractivity contribution in [1.29, 1.82) is 0 Å². The van der Waals surface area contributed by atoms with Gasteiger partial charge in [-0.1, -0.05) is 62.2 Å². The Labute approximate surface area is 233 Å². The van der Waals surface area contributed by atoms with Gasteiger partial charge in [0.05, 0.1) is 29.2 Å². The van der Waals surface area contributed by atoms with Crippen LogP contribution in [0.3, 0.4) is 0 Å². The fraction of sp³-hybridized carbons (Fsp3) is 0.500. The quantitative estimate of drug-likeness (QED) is 0.277. The Hall–Kier alpha value is -2.23. The second kappa shape index (κ2) is 12.3. The molecular weight excluding hydrogens is 532 g/mol. The van der Waals surface area contributed by atoms with E-state index in [0.717, 1.165) is 6.29 Å². The topological polar surface area (TPSA) is 111 Å². The molecule has 1 fully saturated rings. The Kier molecular flexibility index (Phi) is 9.81. The van der Waals surface area contributed by atoms with Crippen molar-refractivity contribution in [2.45, 2.75) is 63.1 Å². The highest BCUT2D eigenvalue weighted by Crippen LogP contribution is 2.53. The molecule has 0 spiro atoms. The number of aldehydes is 1. The third-order valence-corrected chi connectivity index (χ3v) is 7.65. The van der Waals surface area contributed by atoms with Crippen molar-refractivity contribution >= 4 is 41.1 Å². The number of aliphatic hydroxyl groups is 2. The van der Waals surface area contributed by atoms with Gasteiger partial charge in [0.15, 0.2) is 0 Å². The monoisotopic (exact) mass is 567 g/mol. The zero-order valence-electron chi connectivity index (χ0n) is 22.0. The van der Waals surface area contributed by atoms with Crippen LogP contribution in [-0.2, 0) is 15.0 Å². The van der Waals surface area contributed by atoms with Crippen molar-refractivity contribution in [2.75, 3.05) is 25.5 Å². The van der Waals surface area contributed by atoms with E-state index in [9.17, 15) is 14.7 Å². The molecule has 7 nitrogen and oxygen atoms in total. The average molecular weight is 569 g/mol. The maximum absolute atomic E-state index is 15.7. The van der Waals surface area contributed by atoms with Gasteiger partial charge in [0, 0.05) is 36.3 Å². The third-order valence-electron chi connectivity index (χ3n) is 7.12. The van der Waals surface area contributed by atoms with Crippen molar-refractivity contribution in [3.05, 3.63) is 63.4 Å². The zero-order chi connectivity index (χ0) is 28.3. The number of benzene rings is 2. The molecular formula is C28H36Cl2FN3O4. The lowest BCUT2D eigenvalue weighted by Gasteiger charge is -2.39. The smallest absolute Gasteiger partial charge is 0.237 e. The molecule has 1 aliphatic heterocycles. The van der Waals surface area contributed by atoms with Gasteiger partial charge >= 0.3 is 0 Å².